The van der Waals surface area contributed by atoms with Gasteiger partial charge >= 0.3 is 0 Å². The maximum atomic E-state index is 12.8. The molecule has 1 N–H and O–H groups in total. The molecule has 0 radical (unpaired) electrons. The number of carbonyl (C=O) groups is 4. The number of thioether (sulfide) groups is 1. The number of nitrogens with zero attached hydrogens (tertiary/aromatic N) is 2. The number of likely N-dealkylation sites (tertiary alicyclic amines) is 1. The number of aryl methyl sites for hydroxylation is 1. The molecule has 4 amide bonds. The van der Waals surface area contributed by atoms with Gasteiger partial charge in [0.25, 0.3) is 17.1 Å². The van der Waals surface area contributed by atoms with Crippen molar-refractivity contribution >= 4 is 46.5 Å². The molecule has 2 aromatic rings. The number of benzene rings is 2. The molecule has 2 aliphatic rings. The monoisotopic (exact) mass is 523 g/mol. The topological polar surface area (TPSA) is 105 Å². The maximum Gasteiger partial charge on any atom is 0.294 e. The highest BCUT2D eigenvalue weighted by Crippen LogP contribution is 2.35. The fourth-order valence-corrected chi connectivity index (χ4v) is 4.81. The Balaban J connectivity index is 1.41. The molecule has 4 rings (SSSR count). The fourth-order valence-electron chi connectivity index (χ4n) is 3.97. The van der Waals surface area contributed by atoms with Crippen LogP contribution in [0.3, 0.4) is 0 Å². The van der Waals surface area contributed by atoms with E-state index >= 15 is 0 Å². The zero-order chi connectivity index (χ0) is 26.4. The molecular weight excluding hydrogens is 494 g/mol. The van der Waals surface area contributed by atoms with Gasteiger partial charge in [0, 0.05) is 18.8 Å². The summed E-state index contributed by atoms with van der Waals surface area (Å²) in [6.45, 7) is 5.02. The van der Waals surface area contributed by atoms with Crippen LogP contribution < -0.4 is 14.8 Å². The molecule has 2 fully saturated rings. The van der Waals surface area contributed by atoms with Crippen LogP contribution in [0.2, 0.25) is 0 Å². The predicted octanol–water partition coefficient (Wildman–Crippen LogP) is 4.07. The summed E-state index contributed by atoms with van der Waals surface area (Å²) in [5.74, 6) is -0.237. The summed E-state index contributed by atoms with van der Waals surface area (Å²) in [6.07, 6.45) is 3.46. The molecule has 0 unspecified atom stereocenters. The van der Waals surface area contributed by atoms with Gasteiger partial charge in [-0.05, 0) is 74.4 Å². The minimum absolute atomic E-state index is 0.211. The van der Waals surface area contributed by atoms with E-state index in [2.05, 4.69) is 5.32 Å². The van der Waals surface area contributed by atoms with Crippen LogP contribution in [0.4, 0.5) is 10.5 Å². The van der Waals surface area contributed by atoms with Gasteiger partial charge in [0.05, 0.1) is 11.5 Å². The molecule has 2 saturated heterocycles. The van der Waals surface area contributed by atoms with E-state index in [9.17, 15) is 19.2 Å². The van der Waals surface area contributed by atoms with Crippen molar-refractivity contribution in [1.29, 1.82) is 0 Å². The lowest BCUT2D eigenvalue weighted by Crippen LogP contribution is -2.40. The highest BCUT2D eigenvalue weighted by Gasteiger charge is 2.37. The second-order valence-electron chi connectivity index (χ2n) is 8.70. The first-order valence-electron chi connectivity index (χ1n) is 12.1. The van der Waals surface area contributed by atoms with E-state index in [4.69, 9.17) is 9.47 Å². The Bertz CT molecular complexity index is 1220. The number of carbonyl (C=O) groups excluding carboxylic acids is 4. The molecule has 37 heavy (non-hydrogen) atoms. The minimum atomic E-state index is -0.492. The summed E-state index contributed by atoms with van der Waals surface area (Å²) in [7, 11) is 0. The SMILES string of the molecule is CCOc1cc(/C=C2\SC(=O)N(CC(=O)N3CCCC3)C2=O)ccc1OCC(=O)Nc1ccc(C)cc1. The van der Waals surface area contributed by atoms with Crippen LogP contribution in [0.1, 0.15) is 30.9 Å². The molecule has 0 spiro atoms. The predicted molar refractivity (Wildman–Crippen MR) is 141 cm³/mol. The fraction of sp³-hybridized carbons (Fsp3) is 0.333. The van der Waals surface area contributed by atoms with E-state index < -0.39 is 11.1 Å². The Morgan fingerprint density at radius 3 is 2.46 bits per heavy atom. The number of rotatable bonds is 9. The minimum Gasteiger partial charge on any atom is -0.490 e. The number of ether oxygens (including phenoxy) is 2. The molecule has 0 saturated carbocycles. The molecule has 2 aromatic carbocycles. The van der Waals surface area contributed by atoms with Crippen LogP contribution in [0.5, 0.6) is 11.5 Å². The van der Waals surface area contributed by atoms with Gasteiger partial charge in [0.1, 0.15) is 6.54 Å². The van der Waals surface area contributed by atoms with E-state index in [1.807, 2.05) is 38.1 Å². The summed E-state index contributed by atoms with van der Waals surface area (Å²) >= 11 is 0.803. The van der Waals surface area contributed by atoms with Gasteiger partial charge in [0.15, 0.2) is 18.1 Å². The van der Waals surface area contributed by atoms with Gasteiger partial charge in [-0.25, -0.2) is 0 Å². The van der Waals surface area contributed by atoms with Crippen molar-refractivity contribution in [2.24, 2.45) is 0 Å². The van der Waals surface area contributed by atoms with Gasteiger partial charge in [-0.3, -0.25) is 24.1 Å². The van der Waals surface area contributed by atoms with Crippen molar-refractivity contribution < 1.29 is 28.7 Å². The first-order valence-corrected chi connectivity index (χ1v) is 12.9. The summed E-state index contributed by atoms with van der Waals surface area (Å²) < 4.78 is 11.4. The van der Waals surface area contributed by atoms with Gasteiger partial charge in [-0.1, -0.05) is 23.8 Å². The number of hydrogen-bond acceptors (Lipinski definition) is 7. The summed E-state index contributed by atoms with van der Waals surface area (Å²) in [4.78, 5) is 52.9. The number of hydrogen-bond donors (Lipinski definition) is 1. The molecule has 0 atom stereocenters. The molecule has 194 valence electrons. The highest BCUT2D eigenvalue weighted by atomic mass is 32.2. The normalized spacial score (nSPS) is 16.4. The van der Waals surface area contributed by atoms with Gasteiger partial charge in [-0.2, -0.15) is 0 Å². The first kappa shape index (κ1) is 26.3. The van der Waals surface area contributed by atoms with Gasteiger partial charge < -0.3 is 19.7 Å². The zero-order valence-corrected chi connectivity index (χ0v) is 21.6. The van der Waals surface area contributed by atoms with Crippen LogP contribution in [0.25, 0.3) is 6.08 Å². The van der Waals surface area contributed by atoms with Gasteiger partial charge in [0.2, 0.25) is 5.91 Å². The lowest BCUT2D eigenvalue weighted by Gasteiger charge is -2.18. The smallest absolute Gasteiger partial charge is 0.294 e. The van der Waals surface area contributed by atoms with Crippen molar-refractivity contribution in [3.8, 4) is 11.5 Å². The molecule has 10 heteroatoms. The quantitative estimate of drug-likeness (QED) is 0.494. The largest absolute Gasteiger partial charge is 0.490 e. The van der Waals surface area contributed by atoms with E-state index in [1.165, 1.54) is 0 Å². The third kappa shape index (κ3) is 6.71. The van der Waals surface area contributed by atoms with E-state index in [1.54, 1.807) is 29.2 Å². The third-order valence-corrected chi connectivity index (χ3v) is 6.79. The van der Waals surface area contributed by atoms with Gasteiger partial charge in [-0.15, -0.1) is 0 Å². The van der Waals surface area contributed by atoms with E-state index in [0.29, 0.717) is 42.4 Å². The number of amides is 4. The summed E-state index contributed by atoms with van der Waals surface area (Å²) in [5, 5.41) is 2.31. The lowest BCUT2D eigenvalue weighted by molar-refractivity contribution is -0.135. The zero-order valence-electron chi connectivity index (χ0n) is 20.8. The lowest BCUT2D eigenvalue weighted by atomic mass is 10.2. The molecule has 2 aliphatic heterocycles. The molecular formula is C27H29N3O6S. The maximum absolute atomic E-state index is 12.8. The van der Waals surface area contributed by atoms with Crippen molar-refractivity contribution in [1.82, 2.24) is 9.80 Å². The second-order valence-corrected chi connectivity index (χ2v) is 9.69. The van der Waals surface area contributed by atoms with Crippen molar-refractivity contribution in [2.75, 3.05) is 38.2 Å². The van der Waals surface area contributed by atoms with Crippen molar-refractivity contribution in [3.63, 3.8) is 0 Å². The molecule has 9 nitrogen and oxygen atoms in total. The van der Waals surface area contributed by atoms with Crippen molar-refractivity contribution in [3.05, 3.63) is 58.5 Å². The standard InChI is InChI=1S/C27H29N3O6S/c1-3-35-22-14-19(8-11-21(22)36-17-24(31)28-20-9-6-18(2)7-10-20)15-23-26(33)30(27(34)37-23)16-25(32)29-12-4-5-13-29/h6-11,14-15H,3-5,12-13,16-17H2,1-2H3,(H,28,31)/b23-15-. The van der Waals surface area contributed by atoms with E-state index in [0.717, 1.165) is 35.1 Å². The highest BCUT2D eigenvalue weighted by molar-refractivity contribution is 8.18. The number of imide groups is 1. The average molecular weight is 524 g/mol. The summed E-state index contributed by atoms with van der Waals surface area (Å²) in [6, 6.07) is 12.5. The summed E-state index contributed by atoms with van der Waals surface area (Å²) in [5.41, 5.74) is 2.39. The van der Waals surface area contributed by atoms with Crippen LogP contribution in [0, 0.1) is 6.92 Å². The van der Waals surface area contributed by atoms with E-state index in [-0.39, 0.29) is 29.9 Å². The molecule has 0 aliphatic carbocycles. The van der Waals surface area contributed by atoms with Crippen LogP contribution in [-0.2, 0) is 14.4 Å². The van der Waals surface area contributed by atoms with Crippen molar-refractivity contribution in [2.45, 2.75) is 26.7 Å². The number of nitrogens with one attached hydrogen (secondary N) is 1. The average Bonchev–Trinajstić information content (AvgIpc) is 3.50. The molecule has 0 bridgehead atoms. The molecule has 2 heterocycles. The third-order valence-electron chi connectivity index (χ3n) is 5.89. The van der Waals surface area contributed by atoms with Crippen LogP contribution in [0.15, 0.2) is 47.4 Å². The van der Waals surface area contributed by atoms with Crippen LogP contribution >= 0.6 is 11.8 Å². The first-order chi connectivity index (χ1) is 17.8. The Morgan fingerprint density at radius 2 is 1.76 bits per heavy atom. The Kier molecular flexibility index (Phi) is 8.50. The second kappa shape index (κ2) is 12.0. The molecule has 0 aromatic heterocycles. The Hall–Kier alpha value is -3.79. The Morgan fingerprint density at radius 1 is 1.03 bits per heavy atom. The Labute approximate surface area is 219 Å². The number of anilines is 1. The van der Waals surface area contributed by atoms with Crippen LogP contribution in [-0.4, -0.2) is 65.6 Å².